The molecule has 2 N–H and O–H groups in total. The van der Waals surface area contributed by atoms with Crippen molar-refractivity contribution in [3.05, 3.63) is 71.8 Å². The van der Waals surface area contributed by atoms with E-state index < -0.39 is 0 Å². The molecule has 22 heavy (non-hydrogen) atoms. The van der Waals surface area contributed by atoms with Crippen LogP contribution in [0.3, 0.4) is 0 Å². The molecule has 4 nitrogen and oxygen atoms in total. The molecule has 0 unspecified atom stereocenters. The van der Waals surface area contributed by atoms with Gasteiger partial charge in [0.2, 0.25) is 5.91 Å². The van der Waals surface area contributed by atoms with Crippen LogP contribution >= 0.6 is 0 Å². The first kappa shape index (κ1) is 16.2. The number of nitrogens with zero attached hydrogens (tertiary/aromatic N) is 1. The smallest absolute Gasteiger partial charge is 0.249 e. The molecular formula is C18H22N2O2. The Bertz CT molecular complexity index is 516. The van der Waals surface area contributed by atoms with Gasteiger partial charge in [0, 0.05) is 19.6 Å². The molecule has 0 heterocycles. The van der Waals surface area contributed by atoms with Crippen LogP contribution in [0.4, 0.5) is 0 Å². The lowest BCUT2D eigenvalue weighted by molar-refractivity contribution is -0.137. The van der Waals surface area contributed by atoms with Crippen molar-refractivity contribution in [3.63, 3.8) is 0 Å². The van der Waals surface area contributed by atoms with Crippen molar-refractivity contribution in [3.8, 4) is 0 Å². The number of carbonyl (C=O) groups excluding carboxylic acids is 1. The van der Waals surface area contributed by atoms with Crippen LogP contribution in [0.5, 0.6) is 0 Å². The third-order valence-electron chi connectivity index (χ3n) is 3.27. The predicted molar refractivity (Wildman–Crippen MR) is 87.0 cm³/mol. The summed E-state index contributed by atoms with van der Waals surface area (Å²) in [6.07, 6.45) is 0. The molecule has 4 heteroatoms. The third-order valence-corrected chi connectivity index (χ3v) is 3.27. The second-order valence-corrected chi connectivity index (χ2v) is 5.06. The Hall–Kier alpha value is -2.17. The summed E-state index contributed by atoms with van der Waals surface area (Å²) in [4.78, 5) is 14.2. The van der Waals surface area contributed by atoms with Gasteiger partial charge < -0.3 is 15.4 Å². The second-order valence-electron chi connectivity index (χ2n) is 5.06. The molecule has 0 bridgehead atoms. The maximum Gasteiger partial charge on any atom is 0.249 e. The van der Waals surface area contributed by atoms with Gasteiger partial charge in [-0.1, -0.05) is 60.7 Å². The van der Waals surface area contributed by atoms with Crippen LogP contribution in [-0.2, 0) is 22.6 Å². The summed E-state index contributed by atoms with van der Waals surface area (Å²) in [6.45, 7) is 2.03. The minimum atomic E-state index is -0.0267. The largest absolute Gasteiger partial charge is 0.370 e. The number of rotatable bonds is 8. The van der Waals surface area contributed by atoms with Crippen LogP contribution in [-0.4, -0.2) is 30.6 Å². The van der Waals surface area contributed by atoms with E-state index in [4.69, 9.17) is 10.5 Å². The third kappa shape index (κ3) is 5.31. The number of hydrogen-bond acceptors (Lipinski definition) is 3. The highest BCUT2D eigenvalue weighted by molar-refractivity contribution is 5.77. The number of benzene rings is 2. The van der Waals surface area contributed by atoms with Crippen LogP contribution in [0.2, 0.25) is 0 Å². The molecule has 0 atom stereocenters. The van der Waals surface area contributed by atoms with Gasteiger partial charge >= 0.3 is 0 Å². The molecule has 0 saturated carbocycles. The van der Waals surface area contributed by atoms with Crippen LogP contribution < -0.4 is 5.73 Å². The van der Waals surface area contributed by atoms with Gasteiger partial charge in [-0.15, -0.1) is 0 Å². The molecule has 0 aliphatic heterocycles. The highest BCUT2D eigenvalue weighted by atomic mass is 16.5. The highest BCUT2D eigenvalue weighted by Gasteiger charge is 2.14. The summed E-state index contributed by atoms with van der Waals surface area (Å²) in [7, 11) is 0. The molecule has 0 aromatic heterocycles. The summed E-state index contributed by atoms with van der Waals surface area (Å²) in [5.74, 6) is -0.0267. The molecule has 2 aromatic rings. The van der Waals surface area contributed by atoms with Crippen molar-refractivity contribution in [2.75, 3.05) is 19.8 Å². The lowest BCUT2D eigenvalue weighted by atomic mass is 10.1. The van der Waals surface area contributed by atoms with Crippen molar-refractivity contribution in [2.45, 2.75) is 13.1 Å². The van der Waals surface area contributed by atoms with Crippen LogP contribution in [0.15, 0.2) is 60.7 Å². The van der Waals surface area contributed by atoms with E-state index in [1.54, 1.807) is 4.90 Å². The Kier molecular flexibility index (Phi) is 6.61. The Morgan fingerprint density at radius 3 is 1.86 bits per heavy atom. The van der Waals surface area contributed by atoms with Crippen molar-refractivity contribution in [1.29, 1.82) is 0 Å². The number of hydrogen-bond donors (Lipinski definition) is 1. The van der Waals surface area contributed by atoms with Crippen LogP contribution in [0, 0.1) is 0 Å². The first-order valence-electron chi connectivity index (χ1n) is 7.43. The summed E-state index contributed by atoms with van der Waals surface area (Å²) in [5.41, 5.74) is 7.59. The predicted octanol–water partition coefficient (Wildman–Crippen LogP) is 2.19. The van der Waals surface area contributed by atoms with Crippen molar-refractivity contribution >= 4 is 5.91 Å². The SMILES string of the molecule is NCCOCC(=O)N(Cc1ccccc1)Cc1ccccc1. The first-order valence-corrected chi connectivity index (χ1v) is 7.43. The Balaban J connectivity index is 2.04. The fourth-order valence-electron chi connectivity index (χ4n) is 2.17. The van der Waals surface area contributed by atoms with E-state index in [9.17, 15) is 4.79 Å². The van der Waals surface area contributed by atoms with E-state index in [-0.39, 0.29) is 12.5 Å². The molecule has 116 valence electrons. The number of carbonyl (C=O) groups is 1. The van der Waals surface area contributed by atoms with Gasteiger partial charge in [0.1, 0.15) is 6.61 Å². The number of amides is 1. The Morgan fingerprint density at radius 2 is 1.41 bits per heavy atom. The zero-order chi connectivity index (χ0) is 15.6. The normalized spacial score (nSPS) is 10.4. The molecule has 2 aromatic carbocycles. The van der Waals surface area contributed by atoms with Gasteiger partial charge in [0.05, 0.1) is 6.61 Å². The van der Waals surface area contributed by atoms with Gasteiger partial charge in [-0.2, -0.15) is 0 Å². The van der Waals surface area contributed by atoms with E-state index >= 15 is 0 Å². The van der Waals surface area contributed by atoms with Crippen LogP contribution in [0.25, 0.3) is 0 Å². The lowest BCUT2D eigenvalue weighted by Gasteiger charge is -2.23. The van der Waals surface area contributed by atoms with Crippen molar-refractivity contribution in [2.24, 2.45) is 5.73 Å². The molecule has 1 amide bonds. The molecule has 0 aliphatic rings. The van der Waals surface area contributed by atoms with Gasteiger partial charge in [-0.05, 0) is 11.1 Å². The zero-order valence-corrected chi connectivity index (χ0v) is 12.7. The minimum Gasteiger partial charge on any atom is -0.370 e. The summed E-state index contributed by atoms with van der Waals surface area (Å²) >= 11 is 0. The fraction of sp³-hybridized carbons (Fsp3) is 0.278. The first-order chi connectivity index (χ1) is 10.8. The molecular weight excluding hydrogens is 276 g/mol. The topological polar surface area (TPSA) is 55.6 Å². The van der Waals surface area contributed by atoms with Gasteiger partial charge in [-0.25, -0.2) is 0 Å². The average molecular weight is 298 g/mol. The van der Waals surface area contributed by atoms with Crippen LogP contribution in [0.1, 0.15) is 11.1 Å². The Labute approximate surface area is 131 Å². The number of nitrogens with two attached hydrogens (primary N) is 1. The minimum absolute atomic E-state index is 0.0267. The quantitative estimate of drug-likeness (QED) is 0.760. The molecule has 0 radical (unpaired) electrons. The zero-order valence-electron chi connectivity index (χ0n) is 12.7. The molecule has 0 fully saturated rings. The second kappa shape index (κ2) is 8.97. The average Bonchev–Trinajstić information content (AvgIpc) is 2.56. The van der Waals surface area contributed by atoms with E-state index in [1.807, 2.05) is 60.7 Å². The van der Waals surface area contributed by atoms with E-state index in [1.165, 1.54) is 0 Å². The summed E-state index contributed by atoms with van der Waals surface area (Å²) in [6, 6.07) is 19.9. The van der Waals surface area contributed by atoms with Crippen molar-refractivity contribution < 1.29 is 9.53 Å². The fourth-order valence-corrected chi connectivity index (χ4v) is 2.17. The summed E-state index contributed by atoms with van der Waals surface area (Å²) < 4.78 is 5.28. The number of ether oxygens (including phenoxy) is 1. The maximum atomic E-state index is 12.4. The monoisotopic (exact) mass is 298 g/mol. The van der Waals surface area contributed by atoms with Gasteiger partial charge in [0.25, 0.3) is 0 Å². The lowest BCUT2D eigenvalue weighted by Crippen LogP contribution is -2.33. The molecule has 0 aliphatic carbocycles. The van der Waals surface area contributed by atoms with E-state index in [0.29, 0.717) is 26.2 Å². The standard InChI is InChI=1S/C18H22N2O2/c19-11-12-22-15-18(21)20(13-16-7-3-1-4-8-16)14-17-9-5-2-6-10-17/h1-10H,11-15,19H2. The maximum absolute atomic E-state index is 12.4. The van der Waals surface area contributed by atoms with Gasteiger partial charge in [-0.3, -0.25) is 4.79 Å². The Morgan fingerprint density at radius 1 is 0.909 bits per heavy atom. The van der Waals surface area contributed by atoms with Gasteiger partial charge in [0.15, 0.2) is 0 Å². The highest BCUT2D eigenvalue weighted by Crippen LogP contribution is 2.10. The summed E-state index contributed by atoms with van der Waals surface area (Å²) in [5, 5.41) is 0. The van der Waals surface area contributed by atoms with E-state index in [0.717, 1.165) is 11.1 Å². The van der Waals surface area contributed by atoms with E-state index in [2.05, 4.69) is 0 Å². The molecule has 0 spiro atoms. The molecule has 0 saturated heterocycles. The molecule has 2 rings (SSSR count). The van der Waals surface area contributed by atoms with Crippen molar-refractivity contribution in [1.82, 2.24) is 4.90 Å².